The number of pyridine rings is 1. The van der Waals surface area contributed by atoms with E-state index in [1.807, 2.05) is 12.1 Å². The van der Waals surface area contributed by atoms with Gasteiger partial charge in [-0.15, -0.1) is 0 Å². The lowest BCUT2D eigenvalue weighted by Crippen LogP contribution is -2.31. The Morgan fingerprint density at radius 1 is 1.26 bits per heavy atom. The van der Waals surface area contributed by atoms with Gasteiger partial charge in [0.05, 0.1) is 11.4 Å². The van der Waals surface area contributed by atoms with Crippen LogP contribution in [0.4, 0.5) is 0 Å². The Labute approximate surface area is 116 Å². The van der Waals surface area contributed by atoms with Gasteiger partial charge in [-0.3, -0.25) is 9.88 Å². The summed E-state index contributed by atoms with van der Waals surface area (Å²) in [7, 11) is 0. The summed E-state index contributed by atoms with van der Waals surface area (Å²) in [6.45, 7) is 10.5. The first kappa shape index (κ1) is 14.2. The van der Waals surface area contributed by atoms with Crippen LogP contribution in [0.1, 0.15) is 38.6 Å². The molecule has 0 unspecified atom stereocenters. The van der Waals surface area contributed by atoms with Crippen molar-refractivity contribution in [2.45, 2.75) is 40.3 Å². The third kappa shape index (κ3) is 3.88. The topological polar surface area (TPSA) is 42.1 Å². The van der Waals surface area contributed by atoms with Gasteiger partial charge in [0.1, 0.15) is 0 Å². The van der Waals surface area contributed by atoms with Crippen LogP contribution in [-0.4, -0.2) is 23.0 Å². The van der Waals surface area contributed by atoms with Gasteiger partial charge in [0, 0.05) is 26.2 Å². The number of aromatic nitrogens is 1. The molecule has 104 valence electrons. The fourth-order valence-corrected chi connectivity index (χ4v) is 2.50. The Hall–Kier alpha value is -1.19. The molecule has 0 saturated heterocycles. The minimum atomic E-state index is 0.309. The van der Waals surface area contributed by atoms with E-state index in [0.29, 0.717) is 12.0 Å². The van der Waals surface area contributed by atoms with Crippen molar-refractivity contribution in [3.63, 3.8) is 0 Å². The fourth-order valence-electron chi connectivity index (χ4n) is 2.50. The summed E-state index contributed by atoms with van der Waals surface area (Å²) >= 11 is 0. The normalized spacial score (nSPS) is 17.4. The molecule has 1 aromatic heterocycles. The maximum absolute atomic E-state index is 5.63. The molecule has 0 fully saturated rings. The summed E-state index contributed by atoms with van der Waals surface area (Å²) < 4.78 is 0. The van der Waals surface area contributed by atoms with Gasteiger partial charge < -0.3 is 5.73 Å². The van der Waals surface area contributed by atoms with Crippen LogP contribution in [0.25, 0.3) is 0 Å². The molecule has 1 aromatic rings. The van der Waals surface area contributed by atoms with Crippen LogP contribution < -0.4 is 5.73 Å². The third-order valence-corrected chi connectivity index (χ3v) is 3.72. The van der Waals surface area contributed by atoms with E-state index in [2.05, 4.69) is 42.8 Å². The van der Waals surface area contributed by atoms with E-state index < -0.39 is 0 Å². The maximum Gasteiger partial charge on any atom is 0.0547 e. The van der Waals surface area contributed by atoms with Crippen molar-refractivity contribution in [2.24, 2.45) is 11.1 Å². The highest BCUT2D eigenvalue weighted by Gasteiger charge is 2.21. The molecule has 0 atom stereocenters. The number of rotatable bonds is 3. The Morgan fingerprint density at radius 3 is 2.58 bits per heavy atom. The van der Waals surface area contributed by atoms with E-state index in [1.165, 1.54) is 6.42 Å². The summed E-state index contributed by atoms with van der Waals surface area (Å²) in [5, 5.41) is 0. The van der Waals surface area contributed by atoms with Gasteiger partial charge in [-0.05, 0) is 24.0 Å². The molecule has 3 nitrogen and oxygen atoms in total. The predicted molar refractivity (Wildman–Crippen MR) is 79.6 cm³/mol. The third-order valence-electron chi connectivity index (χ3n) is 3.72. The molecule has 0 aromatic carbocycles. The van der Waals surface area contributed by atoms with Gasteiger partial charge >= 0.3 is 0 Å². The lowest BCUT2D eigenvalue weighted by Gasteiger charge is -2.32. The van der Waals surface area contributed by atoms with E-state index in [0.717, 1.165) is 31.0 Å². The van der Waals surface area contributed by atoms with Crippen LogP contribution >= 0.6 is 0 Å². The molecule has 0 radical (unpaired) electrons. The second-order valence-electron chi connectivity index (χ2n) is 6.29. The molecule has 1 aliphatic heterocycles. The largest absolute Gasteiger partial charge is 0.325 e. The van der Waals surface area contributed by atoms with Crippen molar-refractivity contribution >= 4 is 0 Å². The summed E-state index contributed by atoms with van der Waals surface area (Å²) in [6, 6.07) is 6.12. The first-order valence-electron chi connectivity index (χ1n) is 7.06. The highest BCUT2D eigenvalue weighted by molar-refractivity contribution is 5.16. The maximum atomic E-state index is 5.63. The SMILES string of the molecule is CC(C)(C)C1=CCN(Cc2cccc(CN)n2)CC1. The highest BCUT2D eigenvalue weighted by atomic mass is 15.1. The van der Waals surface area contributed by atoms with Crippen LogP contribution in [-0.2, 0) is 13.1 Å². The number of hydrogen-bond acceptors (Lipinski definition) is 3. The predicted octanol–water partition coefficient (Wildman–Crippen LogP) is 2.72. The van der Waals surface area contributed by atoms with Crippen molar-refractivity contribution in [1.29, 1.82) is 0 Å². The molecule has 0 aliphatic carbocycles. The molecule has 2 heterocycles. The van der Waals surface area contributed by atoms with E-state index >= 15 is 0 Å². The molecule has 0 saturated carbocycles. The molecule has 0 bridgehead atoms. The quantitative estimate of drug-likeness (QED) is 0.849. The summed E-state index contributed by atoms with van der Waals surface area (Å²) in [6.07, 6.45) is 3.55. The van der Waals surface area contributed by atoms with Gasteiger partial charge in [0.2, 0.25) is 0 Å². The van der Waals surface area contributed by atoms with Gasteiger partial charge in [0.15, 0.2) is 0 Å². The van der Waals surface area contributed by atoms with Crippen LogP contribution in [0.5, 0.6) is 0 Å². The number of hydrogen-bond donors (Lipinski definition) is 1. The zero-order valence-corrected chi connectivity index (χ0v) is 12.3. The average Bonchev–Trinajstić information content (AvgIpc) is 2.38. The van der Waals surface area contributed by atoms with E-state index in [9.17, 15) is 0 Å². The van der Waals surface area contributed by atoms with Gasteiger partial charge in [-0.2, -0.15) is 0 Å². The molecule has 2 N–H and O–H groups in total. The standard InChI is InChI=1S/C16H25N3/c1-16(2,3)13-7-9-19(10-8-13)12-15-6-4-5-14(11-17)18-15/h4-7H,8-12,17H2,1-3H3. The summed E-state index contributed by atoms with van der Waals surface area (Å²) in [5.41, 5.74) is 9.61. The molecule has 19 heavy (non-hydrogen) atoms. The Balaban J connectivity index is 1.97. The Morgan fingerprint density at radius 2 is 2.00 bits per heavy atom. The van der Waals surface area contributed by atoms with Crippen LogP contribution in [0, 0.1) is 5.41 Å². The first-order chi connectivity index (χ1) is 8.99. The van der Waals surface area contributed by atoms with E-state index in [4.69, 9.17) is 5.73 Å². The molecule has 3 heteroatoms. The molecule has 0 spiro atoms. The van der Waals surface area contributed by atoms with Crippen molar-refractivity contribution in [3.8, 4) is 0 Å². The van der Waals surface area contributed by atoms with Crippen molar-refractivity contribution in [3.05, 3.63) is 41.2 Å². The first-order valence-corrected chi connectivity index (χ1v) is 7.06. The zero-order chi connectivity index (χ0) is 13.9. The number of nitrogens with two attached hydrogens (primary N) is 1. The minimum absolute atomic E-state index is 0.309. The van der Waals surface area contributed by atoms with Crippen molar-refractivity contribution < 1.29 is 0 Å². The minimum Gasteiger partial charge on any atom is -0.325 e. The van der Waals surface area contributed by atoms with E-state index in [-0.39, 0.29) is 0 Å². The van der Waals surface area contributed by atoms with E-state index in [1.54, 1.807) is 5.57 Å². The second kappa shape index (κ2) is 5.85. The van der Waals surface area contributed by atoms with Gasteiger partial charge in [-0.25, -0.2) is 0 Å². The fraction of sp³-hybridized carbons (Fsp3) is 0.562. The lowest BCUT2D eigenvalue weighted by atomic mass is 9.83. The second-order valence-corrected chi connectivity index (χ2v) is 6.29. The zero-order valence-electron chi connectivity index (χ0n) is 12.3. The van der Waals surface area contributed by atoms with Crippen molar-refractivity contribution in [2.75, 3.05) is 13.1 Å². The van der Waals surface area contributed by atoms with Gasteiger partial charge in [-0.1, -0.05) is 38.5 Å². The molecule has 0 amide bonds. The Kier molecular flexibility index (Phi) is 4.38. The molecular weight excluding hydrogens is 234 g/mol. The molecule has 2 rings (SSSR count). The van der Waals surface area contributed by atoms with Crippen LogP contribution in [0.15, 0.2) is 29.8 Å². The van der Waals surface area contributed by atoms with Gasteiger partial charge in [0.25, 0.3) is 0 Å². The monoisotopic (exact) mass is 259 g/mol. The molecule has 1 aliphatic rings. The highest BCUT2D eigenvalue weighted by Crippen LogP contribution is 2.30. The summed E-state index contributed by atoms with van der Waals surface area (Å²) in [4.78, 5) is 7.01. The van der Waals surface area contributed by atoms with Crippen LogP contribution in [0.2, 0.25) is 0 Å². The number of nitrogens with zero attached hydrogens (tertiary/aromatic N) is 2. The average molecular weight is 259 g/mol. The summed E-state index contributed by atoms with van der Waals surface area (Å²) in [5.74, 6) is 0. The molecular formula is C16H25N3. The smallest absolute Gasteiger partial charge is 0.0547 e. The van der Waals surface area contributed by atoms with Crippen LogP contribution in [0.3, 0.4) is 0 Å². The Bertz CT molecular complexity index is 457. The van der Waals surface area contributed by atoms with Crippen molar-refractivity contribution in [1.82, 2.24) is 9.88 Å². The lowest BCUT2D eigenvalue weighted by molar-refractivity contribution is 0.268.